The topological polar surface area (TPSA) is 70.7 Å². The first-order valence-electron chi connectivity index (χ1n) is 7.51. The van der Waals surface area contributed by atoms with Crippen LogP contribution >= 0.6 is 0 Å². The van der Waals surface area contributed by atoms with E-state index in [0.29, 0.717) is 31.4 Å². The highest BCUT2D eigenvalue weighted by molar-refractivity contribution is 5.95. The maximum atomic E-state index is 12.7. The predicted molar refractivity (Wildman–Crippen MR) is 85.8 cm³/mol. The lowest BCUT2D eigenvalue weighted by atomic mass is 10.2. The summed E-state index contributed by atoms with van der Waals surface area (Å²) in [4.78, 5) is 24.9. The zero-order valence-corrected chi connectivity index (χ0v) is 13.8. The zero-order valence-electron chi connectivity index (χ0n) is 13.8. The summed E-state index contributed by atoms with van der Waals surface area (Å²) >= 11 is 0. The van der Waals surface area contributed by atoms with E-state index in [9.17, 15) is 14.0 Å². The van der Waals surface area contributed by atoms with Crippen molar-refractivity contribution in [1.82, 2.24) is 15.5 Å². The Kier molecular flexibility index (Phi) is 8.04. The normalized spacial score (nSPS) is 10.7. The summed E-state index contributed by atoms with van der Waals surface area (Å²) in [5, 5.41) is 4.88. The van der Waals surface area contributed by atoms with Crippen LogP contribution in [0.3, 0.4) is 0 Å². The van der Waals surface area contributed by atoms with Crippen molar-refractivity contribution in [2.75, 3.05) is 33.3 Å². The molecular weight excluding hydrogens is 301 g/mol. The fourth-order valence-electron chi connectivity index (χ4n) is 1.68. The number of nitrogens with zero attached hydrogens (tertiary/aromatic N) is 1. The Balaban J connectivity index is 2.19. The number of amides is 3. The molecule has 0 aliphatic rings. The second-order valence-electron chi connectivity index (χ2n) is 5.69. The number of urea groups is 1. The van der Waals surface area contributed by atoms with Crippen LogP contribution in [0.4, 0.5) is 9.18 Å². The summed E-state index contributed by atoms with van der Waals surface area (Å²) in [7, 11) is 1.75. The Hall–Kier alpha value is -2.15. The Bertz CT molecular complexity index is 506. The summed E-state index contributed by atoms with van der Waals surface area (Å²) in [6, 6.07) is 5.24. The number of halogens is 1. The van der Waals surface area contributed by atoms with Crippen LogP contribution in [0, 0.1) is 11.7 Å². The van der Waals surface area contributed by atoms with E-state index in [1.807, 2.05) is 13.8 Å². The number of hydrogen-bond donors (Lipinski definition) is 2. The molecule has 2 N–H and O–H groups in total. The summed E-state index contributed by atoms with van der Waals surface area (Å²) in [6.07, 6.45) is 0. The molecule has 3 amide bonds. The number of carbonyl (C=O) groups excluding carboxylic acids is 2. The molecule has 0 aromatic heterocycles. The minimum Gasteiger partial charge on any atom is -0.492 e. The Morgan fingerprint density at radius 3 is 2.52 bits per heavy atom. The molecule has 0 aliphatic carbocycles. The van der Waals surface area contributed by atoms with E-state index < -0.39 is 6.03 Å². The van der Waals surface area contributed by atoms with E-state index in [1.165, 1.54) is 12.1 Å². The number of nitrogens with one attached hydrogen (secondary N) is 2. The van der Waals surface area contributed by atoms with Gasteiger partial charge in [0.1, 0.15) is 18.2 Å². The lowest BCUT2D eigenvalue weighted by Gasteiger charge is -2.16. The van der Waals surface area contributed by atoms with Crippen molar-refractivity contribution in [3.05, 3.63) is 30.1 Å². The summed E-state index contributed by atoms with van der Waals surface area (Å²) in [5.74, 6) is 0.192. The van der Waals surface area contributed by atoms with E-state index >= 15 is 0 Å². The minimum absolute atomic E-state index is 0.0852. The highest BCUT2D eigenvalue weighted by atomic mass is 19.1. The van der Waals surface area contributed by atoms with Gasteiger partial charge in [0.15, 0.2) is 0 Å². The van der Waals surface area contributed by atoms with E-state index in [2.05, 4.69) is 10.6 Å². The molecule has 0 heterocycles. The maximum absolute atomic E-state index is 12.7. The molecule has 0 aliphatic heterocycles. The maximum Gasteiger partial charge on any atom is 0.321 e. The molecule has 6 nitrogen and oxygen atoms in total. The van der Waals surface area contributed by atoms with Crippen LogP contribution in [0.5, 0.6) is 5.75 Å². The number of ether oxygens (including phenoxy) is 1. The molecule has 1 aromatic rings. The molecule has 0 fully saturated rings. The van der Waals surface area contributed by atoms with Crippen LogP contribution in [0.15, 0.2) is 24.3 Å². The van der Waals surface area contributed by atoms with Crippen LogP contribution in [0.2, 0.25) is 0 Å². The fraction of sp³-hybridized carbons (Fsp3) is 0.500. The van der Waals surface area contributed by atoms with Gasteiger partial charge in [-0.1, -0.05) is 13.8 Å². The SMILES string of the molecule is CC(C)CNC(=O)NC(=O)CN(C)CCOc1ccc(F)cc1. The van der Waals surface area contributed by atoms with Crippen LogP contribution < -0.4 is 15.4 Å². The third-order valence-corrected chi connectivity index (χ3v) is 2.89. The van der Waals surface area contributed by atoms with Gasteiger partial charge in [-0.05, 0) is 37.2 Å². The first kappa shape index (κ1) is 18.9. The van der Waals surface area contributed by atoms with Crippen molar-refractivity contribution in [3.8, 4) is 5.75 Å². The van der Waals surface area contributed by atoms with Crippen molar-refractivity contribution >= 4 is 11.9 Å². The molecule has 0 unspecified atom stereocenters. The molecule has 1 rings (SSSR count). The summed E-state index contributed by atoms with van der Waals surface area (Å²) in [5.41, 5.74) is 0. The molecule has 1 aromatic carbocycles. The minimum atomic E-state index is -0.486. The third kappa shape index (κ3) is 8.77. The predicted octanol–water partition coefficient (Wildman–Crippen LogP) is 1.62. The molecule has 7 heteroatoms. The standard InChI is InChI=1S/C16H24FN3O3/c1-12(2)10-18-16(22)19-15(21)11-20(3)8-9-23-14-6-4-13(17)5-7-14/h4-7,12H,8-11H2,1-3H3,(H2,18,19,21,22). The van der Waals surface area contributed by atoms with Gasteiger partial charge in [0.2, 0.25) is 5.91 Å². The second-order valence-corrected chi connectivity index (χ2v) is 5.69. The molecule has 0 bridgehead atoms. The average molecular weight is 325 g/mol. The Morgan fingerprint density at radius 1 is 1.26 bits per heavy atom. The monoisotopic (exact) mass is 325 g/mol. The van der Waals surface area contributed by atoms with Crippen molar-refractivity contribution in [2.45, 2.75) is 13.8 Å². The first-order chi connectivity index (χ1) is 10.9. The highest BCUT2D eigenvalue weighted by Gasteiger charge is 2.10. The molecule has 0 atom stereocenters. The Morgan fingerprint density at radius 2 is 1.91 bits per heavy atom. The number of carbonyl (C=O) groups is 2. The van der Waals surface area contributed by atoms with E-state index in [-0.39, 0.29) is 18.3 Å². The molecular formula is C16H24FN3O3. The highest BCUT2D eigenvalue weighted by Crippen LogP contribution is 2.10. The van der Waals surface area contributed by atoms with Crippen molar-refractivity contribution < 1.29 is 18.7 Å². The number of hydrogen-bond acceptors (Lipinski definition) is 4. The average Bonchev–Trinajstić information content (AvgIpc) is 2.47. The Labute approximate surface area is 136 Å². The zero-order chi connectivity index (χ0) is 17.2. The number of benzene rings is 1. The van der Waals surface area contributed by atoms with Gasteiger partial charge in [-0.15, -0.1) is 0 Å². The number of rotatable bonds is 8. The molecule has 0 radical (unpaired) electrons. The van der Waals surface area contributed by atoms with Gasteiger partial charge in [0.25, 0.3) is 0 Å². The van der Waals surface area contributed by atoms with E-state index in [0.717, 1.165) is 0 Å². The van der Waals surface area contributed by atoms with E-state index in [1.54, 1.807) is 24.1 Å². The van der Waals surface area contributed by atoms with E-state index in [4.69, 9.17) is 4.74 Å². The van der Waals surface area contributed by atoms with Gasteiger partial charge in [0.05, 0.1) is 6.54 Å². The van der Waals surface area contributed by atoms with Crippen LogP contribution in [-0.4, -0.2) is 50.1 Å². The number of likely N-dealkylation sites (N-methyl/N-ethyl adjacent to an activating group) is 1. The fourth-order valence-corrected chi connectivity index (χ4v) is 1.68. The van der Waals surface area contributed by atoms with Gasteiger partial charge >= 0.3 is 6.03 Å². The van der Waals surface area contributed by atoms with Gasteiger partial charge in [-0.25, -0.2) is 9.18 Å². The van der Waals surface area contributed by atoms with Gasteiger partial charge in [-0.3, -0.25) is 15.0 Å². The smallest absolute Gasteiger partial charge is 0.321 e. The third-order valence-electron chi connectivity index (χ3n) is 2.89. The van der Waals surface area contributed by atoms with Gasteiger partial charge < -0.3 is 10.1 Å². The van der Waals surface area contributed by atoms with Crippen molar-refractivity contribution in [3.63, 3.8) is 0 Å². The summed E-state index contributed by atoms with van der Waals surface area (Å²) in [6.45, 7) is 5.39. The quantitative estimate of drug-likeness (QED) is 0.762. The van der Waals surface area contributed by atoms with Crippen LogP contribution in [-0.2, 0) is 4.79 Å². The number of imide groups is 1. The van der Waals surface area contributed by atoms with Crippen LogP contribution in [0.25, 0.3) is 0 Å². The first-order valence-corrected chi connectivity index (χ1v) is 7.51. The summed E-state index contributed by atoms with van der Waals surface area (Å²) < 4.78 is 18.2. The van der Waals surface area contributed by atoms with Gasteiger partial charge in [-0.2, -0.15) is 0 Å². The molecule has 0 spiro atoms. The lowest BCUT2D eigenvalue weighted by Crippen LogP contribution is -2.45. The van der Waals surface area contributed by atoms with Gasteiger partial charge in [0, 0.05) is 13.1 Å². The molecule has 0 saturated carbocycles. The largest absolute Gasteiger partial charge is 0.492 e. The second kappa shape index (κ2) is 9.78. The lowest BCUT2D eigenvalue weighted by molar-refractivity contribution is -0.120. The molecule has 23 heavy (non-hydrogen) atoms. The molecule has 128 valence electrons. The van der Waals surface area contributed by atoms with Crippen molar-refractivity contribution in [2.24, 2.45) is 5.92 Å². The molecule has 0 saturated heterocycles. The van der Waals surface area contributed by atoms with Crippen LogP contribution in [0.1, 0.15) is 13.8 Å². The van der Waals surface area contributed by atoms with Crippen molar-refractivity contribution in [1.29, 1.82) is 0 Å².